The number of benzene rings is 1. The summed E-state index contributed by atoms with van der Waals surface area (Å²) in [5.74, 6) is 0.412. The average molecular weight is 322 g/mol. The largest absolute Gasteiger partial charge is 0.481 e. The Morgan fingerprint density at radius 3 is 3.04 bits per heavy atom. The SMILES string of the molecule is O=C(O)[C@@]12CCC[C@H]1CN(c1ncnc3[nH]c4ccccc4c13)C2. The molecule has 1 aliphatic heterocycles. The molecule has 2 aromatic heterocycles. The third-order valence-corrected chi connectivity index (χ3v) is 5.87. The molecule has 2 fully saturated rings. The summed E-state index contributed by atoms with van der Waals surface area (Å²) < 4.78 is 0. The van der Waals surface area contributed by atoms with Crippen molar-refractivity contribution >= 4 is 33.7 Å². The lowest BCUT2D eigenvalue weighted by Crippen LogP contribution is -2.35. The van der Waals surface area contributed by atoms with Gasteiger partial charge >= 0.3 is 5.97 Å². The predicted molar refractivity (Wildman–Crippen MR) is 91.0 cm³/mol. The summed E-state index contributed by atoms with van der Waals surface area (Å²) in [5.41, 5.74) is 1.23. The van der Waals surface area contributed by atoms with Crippen LogP contribution < -0.4 is 4.90 Å². The molecule has 24 heavy (non-hydrogen) atoms. The van der Waals surface area contributed by atoms with Crippen molar-refractivity contribution in [3.8, 4) is 0 Å². The zero-order valence-corrected chi connectivity index (χ0v) is 13.2. The Balaban J connectivity index is 1.67. The van der Waals surface area contributed by atoms with E-state index in [0.717, 1.165) is 53.6 Å². The van der Waals surface area contributed by atoms with E-state index in [4.69, 9.17) is 0 Å². The van der Waals surface area contributed by atoms with E-state index in [2.05, 4.69) is 25.9 Å². The van der Waals surface area contributed by atoms with E-state index in [1.807, 2.05) is 18.2 Å². The van der Waals surface area contributed by atoms with Crippen LogP contribution in [0, 0.1) is 11.3 Å². The van der Waals surface area contributed by atoms with Crippen LogP contribution in [0.2, 0.25) is 0 Å². The van der Waals surface area contributed by atoms with Gasteiger partial charge in [0.1, 0.15) is 17.8 Å². The quantitative estimate of drug-likeness (QED) is 0.758. The molecule has 0 unspecified atom stereocenters. The van der Waals surface area contributed by atoms with Crippen LogP contribution >= 0.6 is 0 Å². The molecular formula is C18H18N4O2. The van der Waals surface area contributed by atoms with Crippen molar-refractivity contribution in [2.75, 3.05) is 18.0 Å². The Labute approximate surface area is 138 Å². The number of aliphatic carboxylic acids is 1. The van der Waals surface area contributed by atoms with Crippen LogP contribution in [0.25, 0.3) is 21.9 Å². The first-order valence-corrected chi connectivity index (χ1v) is 8.39. The number of anilines is 1. The van der Waals surface area contributed by atoms with Crippen LogP contribution in [0.1, 0.15) is 19.3 Å². The van der Waals surface area contributed by atoms with Crippen molar-refractivity contribution in [2.24, 2.45) is 11.3 Å². The van der Waals surface area contributed by atoms with Gasteiger partial charge in [-0.1, -0.05) is 24.6 Å². The highest BCUT2D eigenvalue weighted by Crippen LogP contribution is 2.50. The predicted octanol–water partition coefficient (Wildman–Crippen LogP) is 2.80. The van der Waals surface area contributed by atoms with E-state index in [9.17, 15) is 9.90 Å². The maximum Gasteiger partial charge on any atom is 0.311 e. The van der Waals surface area contributed by atoms with Crippen molar-refractivity contribution in [3.05, 3.63) is 30.6 Å². The van der Waals surface area contributed by atoms with Crippen LogP contribution in [0.15, 0.2) is 30.6 Å². The van der Waals surface area contributed by atoms with Gasteiger partial charge in [-0.3, -0.25) is 4.79 Å². The molecule has 2 atom stereocenters. The highest BCUT2D eigenvalue weighted by molar-refractivity contribution is 6.11. The molecule has 2 N–H and O–H groups in total. The zero-order valence-electron chi connectivity index (χ0n) is 13.2. The van der Waals surface area contributed by atoms with Gasteiger partial charge in [0, 0.05) is 24.0 Å². The lowest BCUT2D eigenvalue weighted by Gasteiger charge is -2.23. The minimum absolute atomic E-state index is 0.213. The van der Waals surface area contributed by atoms with E-state index in [-0.39, 0.29) is 5.92 Å². The Morgan fingerprint density at radius 2 is 2.21 bits per heavy atom. The molecule has 2 aliphatic rings. The van der Waals surface area contributed by atoms with Gasteiger partial charge < -0.3 is 15.0 Å². The molecule has 6 heteroatoms. The van der Waals surface area contributed by atoms with Gasteiger partial charge in [-0.05, 0) is 24.8 Å². The van der Waals surface area contributed by atoms with Gasteiger partial charge in [-0.2, -0.15) is 0 Å². The second kappa shape index (κ2) is 4.69. The minimum atomic E-state index is -0.656. The van der Waals surface area contributed by atoms with E-state index in [1.54, 1.807) is 6.33 Å². The number of carboxylic acid groups (broad SMARTS) is 1. The summed E-state index contributed by atoms with van der Waals surface area (Å²) in [4.78, 5) is 26.3. The second-order valence-electron chi connectivity index (χ2n) is 7.02. The molecule has 0 spiro atoms. The maximum atomic E-state index is 11.9. The molecule has 6 nitrogen and oxygen atoms in total. The standard InChI is InChI=1S/C18H18N4O2/c23-17(24)18-7-3-4-11(18)8-22(9-18)16-14-12-5-1-2-6-13(12)21-15(14)19-10-20-16/h1-2,5-6,10-11H,3-4,7-9H2,(H,23,24)(H,19,20,21)/t11-,18+/m0/s1. The molecule has 1 aliphatic carbocycles. The molecule has 0 bridgehead atoms. The fourth-order valence-electron chi connectivity index (χ4n) is 4.70. The van der Waals surface area contributed by atoms with Gasteiger partial charge in [-0.15, -0.1) is 0 Å². The Kier molecular flexibility index (Phi) is 2.69. The summed E-state index contributed by atoms with van der Waals surface area (Å²) >= 11 is 0. The van der Waals surface area contributed by atoms with Crippen molar-refractivity contribution in [1.82, 2.24) is 15.0 Å². The number of nitrogens with zero attached hydrogens (tertiary/aromatic N) is 3. The monoisotopic (exact) mass is 322 g/mol. The van der Waals surface area contributed by atoms with Crippen LogP contribution in [0.3, 0.4) is 0 Å². The summed E-state index contributed by atoms with van der Waals surface area (Å²) in [7, 11) is 0. The number of H-pyrrole nitrogens is 1. The number of nitrogens with one attached hydrogen (secondary N) is 1. The van der Waals surface area contributed by atoms with Crippen LogP contribution in [-0.2, 0) is 4.79 Å². The highest BCUT2D eigenvalue weighted by atomic mass is 16.4. The molecule has 122 valence electrons. The van der Waals surface area contributed by atoms with Crippen LogP contribution in [-0.4, -0.2) is 39.1 Å². The van der Waals surface area contributed by atoms with E-state index in [1.165, 1.54) is 0 Å². The molecule has 0 amide bonds. The fourth-order valence-corrected chi connectivity index (χ4v) is 4.70. The highest BCUT2D eigenvalue weighted by Gasteiger charge is 2.55. The summed E-state index contributed by atoms with van der Waals surface area (Å²) in [6.45, 7) is 1.30. The average Bonchev–Trinajstić information content (AvgIpc) is 3.24. The molecule has 0 radical (unpaired) electrons. The smallest absolute Gasteiger partial charge is 0.311 e. The Bertz CT molecular complexity index is 966. The van der Waals surface area contributed by atoms with Crippen LogP contribution in [0.5, 0.6) is 0 Å². The molecule has 3 heterocycles. The molecule has 5 rings (SSSR count). The summed E-state index contributed by atoms with van der Waals surface area (Å²) in [5, 5.41) is 11.9. The third-order valence-electron chi connectivity index (χ3n) is 5.87. The lowest BCUT2D eigenvalue weighted by molar-refractivity contribution is -0.149. The van der Waals surface area contributed by atoms with E-state index >= 15 is 0 Å². The molecule has 1 aromatic carbocycles. The number of rotatable bonds is 2. The summed E-state index contributed by atoms with van der Waals surface area (Å²) in [6.07, 6.45) is 4.34. The van der Waals surface area contributed by atoms with Crippen molar-refractivity contribution < 1.29 is 9.90 Å². The van der Waals surface area contributed by atoms with E-state index in [0.29, 0.717) is 6.54 Å². The van der Waals surface area contributed by atoms with Gasteiger partial charge in [-0.25, -0.2) is 9.97 Å². The third kappa shape index (κ3) is 1.68. The molecular weight excluding hydrogens is 304 g/mol. The number of carbonyl (C=O) groups is 1. The normalized spacial score (nSPS) is 26.3. The number of aromatic nitrogens is 3. The van der Waals surface area contributed by atoms with Crippen molar-refractivity contribution in [3.63, 3.8) is 0 Å². The fraction of sp³-hybridized carbons (Fsp3) is 0.389. The lowest BCUT2D eigenvalue weighted by atomic mass is 9.81. The number of aromatic amines is 1. The van der Waals surface area contributed by atoms with E-state index < -0.39 is 11.4 Å². The van der Waals surface area contributed by atoms with Gasteiger partial charge in [0.15, 0.2) is 0 Å². The Hall–Kier alpha value is -2.63. The minimum Gasteiger partial charge on any atom is -0.481 e. The molecule has 1 saturated heterocycles. The topological polar surface area (TPSA) is 82.1 Å². The zero-order chi connectivity index (χ0) is 16.3. The second-order valence-corrected chi connectivity index (χ2v) is 7.02. The molecule has 1 saturated carbocycles. The van der Waals surface area contributed by atoms with Gasteiger partial charge in [0.25, 0.3) is 0 Å². The number of hydrogen-bond donors (Lipinski definition) is 2. The summed E-state index contributed by atoms with van der Waals surface area (Å²) in [6, 6.07) is 8.08. The number of fused-ring (bicyclic) bond motifs is 4. The first-order chi connectivity index (χ1) is 11.7. The first kappa shape index (κ1) is 13.8. The van der Waals surface area contributed by atoms with Gasteiger partial charge in [0.05, 0.1) is 10.8 Å². The first-order valence-electron chi connectivity index (χ1n) is 8.39. The molecule has 3 aromatic rings. The van der Waals surface area contributed by atoms with Crippen molar-refractivity contribution in [2.45, 2.75) is 19.3 Å². The maximum absolute atomic E-state index is 11.9. The number of carboxylic acids is 1. The number of hydrogen-bond acceptors (Lipinski definition) is 4. The van der Waals surface area contributed by atoms with Crippen LogP contribution in [0.4, 0.5) is 5.82 Å². The Morgan fingerprint density at radius 1 is 1.33 bits per heavy atom. The number of para-hydroxylation sites is 1. The van der Waals surface area contributed by atoms with Crippen molar-refractivity contribution in [1.29, 1.82) is 0 Å². The van der Waals surface area contributed by atoms with Gasteiger partial charge in [0.2, 0.25) is 0 Å².